The largest absolute Gasteiger partial charge is 0.492 e. The SMILES string of the molecule is COC(=O)CC1c2ccc(NCc3cccc(-c4c(C)cc(OCCN5CCCC5=O)cc4C)c3C)cc2CC12CC2. The van der Waals surface area contributed by atoms with Crippen molar-refractivity contribution >= 4 is 17.6 Å². The Bertz CT molecular complexity index is 1500. The van der Waals surface area contributed by atoms with Gasteiger partial charge in [-0.2, -0.15) is 0 Å². The highest BCUT2D eigenvalue weighted by atomic mass is 16.5. The maximum Gasteiger partial charge on any atom is 0.306 e. The number of rotatable bonds is 10. The lowest BCUT2D eigenvalue weighted by atomic mass is 9.87. The maximum absolute atomic E-state index is 12.1. The molecule has 2 aliphatic carbocycles. The molecule has 1 N–H and O–H groups in total. The number of fused-ring (bicyclic) bond motifs is 1. The second-order valence-electron chi connectivity index (χ2n) is 12.5. The highest BCUT2D eigenvalue weighted by molar-refractivity contribution is 5.78. The van der Waals surface area contributed by atoms with Crippen molar-refractivity contribution in [1.29, 1.82) is 0 Å². The maximum atomic E-state index is 12.1. The number of aryl methyl sites for hydroxylation is 2. The Hall–Kier alpha value is -3.80. The predicted molar refractivity (Wildman–Crippen MR) is 166 cm³/mol. The van der Waals surface area contributed by atoms with Crippen molar-refractivity contribution in [3.05, 3.63) is 81.9 Å². The normalized spacial score (nSPS) is 18.3. The first-order chi connectivity index (χ1) is 20.3. The van der Waals surface area contributed by atoms with Crippen molar-refractivity contribution in [2.24, 2.45) is 5.41 Å². The monoisotopic (exact) mass is 566 g/mol. The lowest BCUT2D eigenvalue weighted by molar-refractivity contribution is -0.141. The topological polar surface area (TPSA) is 67.9 Å². The van der Waals surface area contributed by atoms with Crippen molar-refractivity contribution in [3.8, 4) is 16.9 Å². The third-order valence-corrected chi connectivity index (χ3v) is 9.80. The van der Waals surface area contributed by atoms with Gasteiger partial charge in [0.2, 0.25) is 5.91 Å². The Labute approximate surface area is 249 Å². The van der Waals surface area contributed by atoms with Gasteiger partial charge >= 0.3 is 5.97 Å². The van der Waals surface area contributed by atoms with E-state index in [0.29, 0.717) is 26.0 Å². The molecule has 3 aromatic rings. The van der Waals surface area contributed by atoms with Crippen LogP contribution < -0.4 is 10.1 Å². The Morgan fingerprint density at radius 1 is 1.07 bits per heavy atom. The van der Waals surface area contributed by atoms with Crippen molar-refractivity contribution in [1.82, 2.24) is 4.90 Å². The highest BCUT2D eigenvalue weighted by Gasteiger charge is 2.54. The molecule has 42 heavy (non-hydrogen) atoms. The number of carbonyl (C=O) groups is 2. The minimum Gasteiger partial charge on any atom is -0.492 e. The van der Waals surface area contributed by atoms with Gasteiger partial charge in [0.15, 0.2) is 0 Å². The molecule has 2 fully saturated rings. The van der Waals surface area contributed by atoms with Crippen molar-refractivity contribution in [2.75, 3.05) is 32.1 Å². The van der Waals surface area contributed by atoms with Gasteiger partial charge in [0.25, 0.3) is 0 Å². The molecule has 1 aliphatic heterocycles. The Morgan fingerprint density at radius 3 is 2.55 bits per heavy atom. The van der Waals surface area contributed by atoms with E-state index in [1.54, 1.807) is 0 Å². The van der Waals surface area contributed by atoms with Crippen LogP contribution in [0.25, 0.3) is 11.1 Å². The number of hydrogen-bond donors (Lipinski definition) is 1. The summed E-state index contributed by atoms with van der Waals surface area (Å²) in [6.07, 6.45) is 5.55. The molecule has 3 aromatic carbocycles. The van der Waals surface area contributed by atoms with Crippen molar-refractivity contribution < 1.29 is 19.1 Å². The Kier molecular flexibility index (Phi) is 7.73. The van der Waals surface area contributed by atoms with Crippen LogP contribution >= 0.6 is 0 Å². The van der Waals surface area contributed by atoms with Gasteiger partial charge in [-0.25, -0.2) is 0 Å². The zero-order valence-electron chi connectivity index (χ0n) is 25.3. The summed E-state index contributed by atoms with van der Waals surface area (Å²) in [6.45, 7) is 9.24. The van der Waals surface area contributed by atoms with Gasteiger partial charge < -0.3 is 19.7 Å². The van der Waals surface area contributed by atoms with Gasteiger partial charge in [-0.15, -0.1) is 0 Å². The van der Waals surface area contributed by atoms with E-state index in [-0.39, 0.29) is 23.2 Å². The van der Waals surface area contributed by atoms with Gasteiger partial charge in [0.05, 0.1) is 20.1 Å². The Balaban J connectivity index is 1.14. The molecular formula is C36H42N2O4. The number of methoxy groups -OCH3 is 1. The smallest absolute Gasteiger partial charge is 0.306 e. The van der Waals surface area contributed by atoms with E-state index >= 15 is 0 Å². The molecule has 1 saturated heterocycles. The zero-order valence-corrected chi connectivity index (χ0v) is 25.3. The number of hydrogen-bond acceptors (Lipinski definition) is 5. The fourth-order valence-electron chi connectivity index (χ4n) is 7.29. The van der Waals surface area contributed by atoms with Crippen LogP contribution in [0.4, 0.5) is 5.69 Å². The lowest BCUT2D eigenvalue weighted by Gasteiger charge is -2.19. The van der Waals surface area contributed by atoms with Gasteiger partial charge in [0, 0.05) is 31.1 Å². The summed E-state index contributed by atoms with van der Waals surface area (Å²) in [7, 11) is 1.48. The van der Waals surface area contributed by atoms with E-state index in [4.69, 9.17) is 9.47 Å². The quantitative estimate of drug-likeness (QED) is 0.271. The molecule has 1 amide bonds. The van der Waals surface area contributed by atoms with Crippen LogP contribution in [0.1, 0.15) is 71.4 Å². The van der Waals surface area contributed by atoms with Gasteiger partial charge in [-0.1, -0.05) is 24.3 Å². The van der Waals surface area contributed by atoms with Crippen LogP contribution in [0.5, 0.6) is 5.75 Å². The fourth-order valence-corrected chi connectivity index (χ4v) is 7.29. The summed E-state index contributed by atoms with van der Waals surface area (Å²) in [5.74, 6) is 1.26. The van der Waals surface area contributed by atoms with E-state index in [2.05, 4.69) is 74.6 Å². The van der Waals surface area contributed by atoms with E-state index in [9.17, 15) is 9.59 Å². The molecule has 0 radical (unpaired) electrons. The van der Waals surface area contributed by atoms with E-state index in [1.807, 2.05) is 4.90 Å². The number of amides is 1. The molecule has 6 rings (SSSR count). The summed E-state index contributed by atoms with van der Waals surface area (Å²) in [5, 5.41) is 3.67. The first-order valence-electron chi connectivity index (χ1n) is 15.3. The number of nitrogens with zero attached hydrogens (tertiary/aromatic N) is 1. The van der Waals surface area contributed by atoms with Crippen molar-refractivity contribution in [3.63, 3.8) is 0 Å². The number of carbonyl (C=O) groups excluding carboxylic acids is 2. The Morgan fingerprint density at radius 2 is 1.86 bits per heavy atom. The molecule has 0 aromatic heterocycles. The summed E-state index contributed by atoms with van der Waals surface area (Å²) >= 11 is 0. The first-order valence-corrected chi connectivity index (χ1v) is 15.3. The van der Waals surface area contributed by atoms with Crippen LogP contribution in [0.15, 0.2) is 48.5 Å². The molecule has 3 aliphatic rings. The standard InChI is InChI=1S/C36H42N2O4/c1-23-17-29(42-16-15-38-14-6-9-33(38)39)18-24(2)35(23)30-8-5-7-26(25(30)3)22-37-28-10-11-31-27(19-28)21-36(12-13-36)32(31)20-34(40)41-4/h5,7-8,10-11,17-19,32,37H,6,9,12-16,20-22H2,1-4H3. The molecule has 1 unspecified atom stereocenters. The molecule has 1 spiro atoms. The second-order valence-corrected chi connectivity index (χ2v) is 12.5. The molecule has 1 saturated carbocycles. The summed E-state index contributed by atoms with van der Waals surface area (Å²) in [6, 6.07) is 17.5. The number of esters is 1. The van der Waals surface area contributed by atoms with Crippen LogP contribution in [-0.4, -0.2) is 43.6 Å². The summed E-state index contributed by atoms with van der Waals surface area (Å²) < 4.78 is 11.1. The third kappa shape index (κ3) is 5.51. The van der Waals surface area contributed by atoms with Gasteiger partial charge in [-0.3, -0.25) is 9.59 Å². The lowest BCUT2D eigenvalue weighted by Crippen LogP contribution is -2.29. The van der Waals surface area contributed by atoms with Gasteiger partial charge in [-0.05, 0) is 121 Å². The molecule has 1 heterocycles. The van der Waals surface area contributed by atoms with Crippen LogP contribution in [0, 0.1) is 26.2 Å². The average molecular weight is 567 g/mol. The molecular weight excluding hydrogens is 524 g/mol. The average Bonchev–Trinajstić information content (AvgIpc) is 3.53. The predicted octanol–water partition coefficient (Wildman–Crippen LogP) is 6.88. The second kappa shape index (κ2) is 11.5. The fraction of sp³-hybridized carbons (Fsp3) is 0.444. The highest BCUT2D eigenvalue weighted by Crippen LogP contribution is 2.64. The summed E-state index contributed by atoms with van der Waals surface area (Å²) in [4.78, 5) is 25.9. The number of nitrogens with one attached hydrogen (secondary N) is 1. The van der Waals surface area contributed by atoms with Crippen LogP contribution in [0.2, 0.25) is 0 Å². The van der Waals surface area contributed by atoms with Gasteiger partial charge in [0.1, 0.15) is 12.4 Å². The number of ether oxygens (including phenoxy) is 2. The minimum atomic E-state index is -0.112. The molecule has 220 valence electrons. The van der Waals surface area contributed by atoms with Crippen molar-refractivity contribution in [2.45, 2.75) is 71.8 Å². The molecule has 1 atom stereocenters. The molecule has 0 bridgehead atoms. The molecule has 6 nitrogen and oxygen atoms in total. The number of anilines is 1. The van der Waals surface area contributed by atoms with E-state index < -0.39 is 0 Å². The van der Waals surface area contributed by atoms with E-state index in [1.165, 1.54) is 64.5 Å². The van der Waals surface area contributed by atoms with E-state index in [0.717, 1.165) is 37.4 Å². The number of likely N-dealkylation sites (tertiary alicyclic amines) is 1. The zero-order chi connectivity index (χ0) is 29.4. The minimum absolute atomic E-state index is 0.112. The molecule has 6 heteroatoms. The first kappa shape index (κ1) is 28.3. The van der Waals surface area contributed by atoms with Crippen LogP contribution in [-0.2, 0) is 27.3 Å². The summed E-state index contributed by atoms with van der Waals surface area (Å²) in [5.41, 5.74) is 11.5. The number of benzene rings is 3. The van der Waals surface area contributed by atoms with Crippen LogP contribution in [0.3, 0.4) is 0 Å². The third-order valence-electron chi connectivity index (χ3n) is 9.80.